The molecule has 1 saturated carbocycles. The van der Waals surface area contributed by atoms with Gasteiger partial charge >= 0.3 is 0 Å². The van der Waals surface area contributed by atoms with E-state index in [2.05, 4.69) is 15.2 Å². The molecule has 1 fully saturated rings. The molecule has 1 aliphatic rings. The van der Waals surface area contributed by atoms with Crippen molar-refractivity contribution in [3.8, 4) is 11.4 Å². The minimum Gasteiger partial charge on any atom is -0.262 e. The molecule has 1 N–H and O–H groups in total. The summed E-state index contributed by atoms with van der Waals surface area (Å²) in [7, 11) is 0. The van der Waals surface area contributed by atoms with Gasteiger partial charge in [0.2, 0.25) is 0 Å². The van der Waals surface area contributed by atoms with Crippen molar-refractivity contribution < 1.29 is 8.78 Å². The van der Waals surface area contributed by atoms with Crippen molar-refractivity contribution in [3.63, 3.8) is 0 Å². The number of nitrogens with zero attached hydrogens (tertiary/aromatic N) is 2. The minimum atomic E-state index is -0.614. The molecule has 0 bridgehead atoms. The van der Waals surface area contributed by atoms with Gasteiger partial charge in [-0.2, -0.15) is 5.10 Å². The molecule has 1 aromatic carbocycles. The van der Waals surface area contributed by atoms with E-state index in [9.17, 15) is 8.78 Å². The van der Waals surface area contributed by atoms with Crippen LogP contribution in [0, 0.1) is 11.6 Å². The Morgan fingerprint density at radius 2 is 1.72 bits per heavy atom. The van der Waals surface area contributed by atoms with Gasteiger partial charge in [0.25, 0.3) is 0 Å². The first-order chi connectivity index (χ1) is 8.72. The van der Waals surface area contributed by atoms with Gasteiger partial charge in [0.05, 0.1) is 0 Å². The first-order valence-electron chi connectivity index (χ1n) is 6.11. The van der Waals surface area contributed by atoms with Gasteiger partial charge in [-0.05, 0) is 25.0 Å². The van der Waals surface area contributed by atoms with Gasteiger partial charge in [0.1, 0.15) is 17.5 Å². The van der Waals surface area contributed by atoms with Crippen molar-refractivity contribution in [1.82, 2.24) is 15.2 Å². The molecule has 1 aromatic heterocycles. The standard InChI is InChI=1S/C13H13F2N3/c14-10-5-9(6-11(15)7-10)13-16-12(17-18-13)8-3-1-2-4-8/h5-8H,1-4H2,(H,16,17,18). The molecule has 18 heavy (non-hydrogen) atoms. The fourth-order valence-corrected chi connectivity index (χ4v) is 2.47. The Bertz CT molecular complexity index is 539. The maximum atomic E-state index is 13.1. The maximum Gasteiger partial charge on any atom is 0.181 e. The summed E-state index contributed by atoms with van der Waals surface area (Å²) < 4.78 is 26.2. The van der Waals surface area contributed by atoms with Crippen LogP contribution in [0.15, 0.2) is 18.2 Å². The van der Waals surface area contributed by atoms with Crippen molar-refractivity contribution in [2.45, 2.75) is 31.6 Å². The second-order valence-corrected chi connectivity index (χ2v) is 4.68. The average molecular weight is 249 g/mol. The Morgan fingerprint density at radius 1 is 1.06 bits per heavy atom. The molecule has 0 aliphatic heterocycles. The number of H-pyrrole nitrogens is 1. The van der Waals surface area contributed by atoms with Gasteiger partial charge in [-0.1, -0.05) is 12.8 Å². The van der Waals surface area contributed by atoms with Gasteiger partial charge < -0.3 is 0 Å². The zero-order valence-electron chi connectivity index (χ0n) is 9.79. The zero-order chi connectivity index (χ0) is 12.5. The van der Waals surface area contributed by atoms with Crippen molar-refractivity contribution >= 4 is 0 Å². The minimum absolute atomic E-state index is 0.357. The smallest absolute Gasteiger partial charge is 0.181 e. The first-order valence-corrected chi connectivity index (χ1v) is 6.11. The number of aromatic amines is 1. The molecule has 3 nitrogen and oxygen atoms in total. The normalized spacial score (nSPS) is 16.3. The second kappa shape index (κ2) is 4.48. The van der Waals surface area contributed by atoms with Gasteiger partial charge in [0.15, 0.2) is 5.82 Å². The highest BCUT2D eigenvalue weighted by atomic mass is 19.1. The van der Waals surface area contributed by atoms with Crippen LogP contribution in [0.25, 0.3) is 11.4 Å². The summed E-state index contributed by atoms with van der Waals surface area (Å²) in [5.74, 6) is 0.363. The van der Waals surface area contributed by atoms with E-state index >= 15 is 0 Å². The number of benzene rings is 1. The summed E-state index contributed by atoms with van der Waals surface area (Å²) in [6.45, 7) is 0. The Morgan fingerprint density at radius 3 is 2.39 bits per heavy atom. The summed E-state index contributed by atoms with van der Waals surface area (Å²) in [6, 6.07) is 3.32. The highest BCUT2D eigenvalue weighted by Crippen LogP contribution is 2.32. The third kappa shape index (κ3) is 2.12. The predicted molar refractivity (Wildman–Crippen MR) is 62.9 cm³/mol. The van der Waals surface area contributed by atoms with Crippen LogP contribution in [-0.2, 0) is 0 Å². The molecular formula is C13H13F2N3. The van der Waals surface area contributed by atoms with Crippen molar-refractivity contribution in [3.05, 3.63) is 35.7 Å². The number of hydrogen-bond donors (Lipinski definition) is 1. The van der Waals surface area contributed by atoms with E-state index in [-0.39, 0.29) is 0 Å². The lowest BCUT2D eigenvalue weighted by Gasteiger charge is -2.02. The van der Waals surface area contributed by atoms with Crippen LogP contribution in [0.3, 0.4) is 0 Å². The molecule has 0 atom stereocenters. The van der Waals surface area contributed by atoms with Crippen molar-refractivity contribution in [2.75, 3.05) is 0 Å². The fourth-order valence-electron chi connectivity index (χ4n) is 2.47. The average Bonchev–Trinajstić information content (AvgIpc) is 2.99. The fraction of sp³-hybridized carbons (Fsp3) is 0.385. The lowest BCUT2D eigenvalue weighted by molar-refractivity contribution is 0.584. The third-order valence-corrected chi connectivity index (χ3v) is 3.37. The Kier molecular flexibility index (Phi) is 2.81. The molecule has 2 aromatic rings. The predicted octanol–water partition coefficient (Wildman–Crippen LogP) is 3.41. The van der Waals surface area contributed by atoms with Crippen LogP contribution in [0.2, 0.25) is 0 Å². The second-order valence-electron chi connectivity index (χ2n) is 4.68. The summed E-state index contributed by atoms with van der Waals surface area (Å²) in [4.78, 5) is 4.34. The molecule has 3 rings (SSSR count). The Hall–Kier alpha value is -1.78. The van der Waals surface area contributed by atoms with E-state index in [0.29, 0.717) is 17.3 Å². The topological polar surface area (TPSA) is 41.6 Å². The molecule has 1 heterocycles. The monoisotopic (exact) mass is 249 g/mol. The summed E-state index contributed by atoms with van der Waals surface area (Å²) >= 11 is 0. The van der Waals surface area contributed by atoms with Crippen LogP contribution >= 0.6 is 0 Å². The third-order valence-electron chi connectivity index (χ3n) is 3.37. The van der Waals surface area contributed by atoms with Crippen LogP contribution in [0.1, 0.15) is 37.4 Å². The van der Waals surface area contributed by atoms with Crippen LogP contribution < -0.4 is 0 Å². The first kappa shape index (κ1) is 11.3. The van der Waals surface area contributed by atoms with E-state index < -0.39 is 11.6 Å². The van der Waals surface area contributed by atoms with E-state index in [1.807, 2.05) is 0 Å². The lowest BCUT2D eigenvalue weighted by Crippen LogP contribution is -1.94. The molecule has 1 aliphatic carbocycles. The van der Waals surface area contributed by atoms with E-state index in [4.69, 9.17) is 0 Å². The number of aromatic nitrogens is 3. The summed E-state index contributed by atoms with van der Waals surface area (Å²) in [5.41, 5.74) is 0.369. The molecule has 94 valence electrons. The maximum absolute atomic E-state index is 13.1. The van der Waals surface area contributed by atoms with Crippen LogP contribution in [-0.4, -0.2) is 15.2 Å². The number of halogens is 2. The molecule has 0 unspecified atom stereocenters. The molecule has 0 saturated heterocycles. The van der Waals surface area contributed by atoms with E-state index in [1.165, 1.54) is 25.0 Å². The number of hydrogen-bond acceptors (Lipinski definition) is 2. The van der Waals surface area contributed by atoms with Crippen molar-refractivity contribution in [1.29, 1.82) is 0 Å². The SMILES string of the molecule is Fc1cc(F)cc(-c2n[nH]c(C3CCCC3)n2)c1. The Balaban J connectivity index is 1.92. The highest BCUT2D eigenvalue weighted by Gasteiger charge is 2.21. The largest absolute Gasteiger partial charge is 0.262 e. The van der Waals surface area contributed by atoms with Gasteiger partial charge in [-0.15, -0.1) is 0 Å². The molecular weight excluding hydrogens is 236 g/mol. The quantitative estimate of drug-likeness (QED) is 0.886. The van der Waals surface area contributed by atoms with Crippen LogP contribution in [0.5, 0.6) is 0 Å². The van der Waals surface area contributed by atoms with E-state index in [1.54, 1.807) is 0 Å². The lowest BCUT2D eigenvalue weighted by atomic mass is 10.1. The summed E-state index contributed by atoms with van der Waals surface area (Å²) in [5, 5.41) is 6.92. The molecule has 0 amide bonds. The van der Waals surface area contributed by atoms with Crippen molar-refractivity contribution in [2.24, 2.45) is 0 Å². The zero-order valence-corrected chi connectivity index (χ0v) is 9.79. The van der Waals surface area contributed by atoms with Gasteiger partial charge in [-0.3, -0.25) is 5.10 Å². The molecule has 0 radical (unpaired) electrons. The van der Waals surface area contributed by atoms with Gasteiger partial charge in [-0.25, -0.2) is 13.8 Å². The number of rotatable bonds is 2. The highest BCUT2D eigenvalue weighted by molar-refractivity contribution is 5.54. The number of nitrogens with one attached hydrogen (secondary N) is 1. The summed E-state index contributed by atoms with van der Waals surface area (Å²) in [6.07, 6.45) is 4.61. The van der Waals surface area contributed by atoms with E-state index in [0.717, 1.165) is 24.7 Å². The molecule has 0 spiro atoms. The molecule has 5 heteroatoms. The Labute approximate surface area is 103 Å². The van der Waals surface area contributed by atoms with Gasteiger partial charge in [0, 0.05) is 17.5 Å². The van der Waals surface area contributed by atoms with Crippen LogP contribution in [0.4, 0.5) is 8.78 Å².